The number of benzene rings is 2. The van der Waals surface area contributed by atoms with Gasteiger partial charge in [-0.2, -0.15) is 0 Å². The molecule has 2 amide bonds. The molecule has 0 spiro atoms. The fraction of sp³-hybridized carbons (Fsp3) is 0.412. The first-order chi connectivity index (χ1) is 21.4. The minimum absolute atomic E-state index is 0.0530. The molecule has 0 unspecified atom stereocenters. The van der Waals surface area contributed by atoms with Gasteiger partial charge in [0, 0.05) is 51.9 Å². The van der Waals surface area contributed by atoms with Crippen molar-refractivity contribution in [2.24, 2.45) is 0 Å². The van der Waals surface area contributed by atoms with E-state index in [0.717, 1.165) is 45.3 Å². The first kappa shape index (κ1) is 29.7. The van der Waals surface area contributed by atoms with Crippen molar-refractivity contribution in [1.29, 1.82) is 0 Å². The highest BCUT2D eigenvalue weighted by Gasteiger charge is 2.23. The van der Waals surface area contributed by atoms with Gasteiger partial charge in [0.2, 0.25) is 11.8 Å². The predicted octanol–water partition coefficient (Wildman–Crippen LogP) is 5.92. The highest BCUT2D eigenvalue weighted by molar-refractivity contribution is 5.77. The topological polar surface area (TPSA) is 98.0 Å². The van der Waals surface area contributed by atoms with E-state index in [4.69, 9.17) is 0 Å². The van der Waals surface area contributed by atoms with E-state index in [1.807, 2.05) is 0 Å². The number of aryl methyl sites for hydroxylation is 2. The van der Waals surface area contributed by atoms with E-state index < -0.39 is 12.3 Å². The van der Waals surface area contributed by atoms with Crippen LogP contribution in [0, 0.1) is 0 Å². The molecule has 0 radical (unpaired) electrons. The van der Waals surface area contributed by atoms with E-state index in [2.05, 4.69) is 68.5 Å². The van der Waals surface area contributed by atoms with Crippen LogP contribution in [0.5, 0.6) is 0 Å². The van der Waals surface area contributed by atoms with Crippen LogP contribution in [0.4, 0.5) is 8.78 Å². The second kappa shape index (κ2) is 13.5. The lowest BCUT2D eigenvalue weighted by atomic mass is 10.0. The van der Waals surface area contributed by atoms with Crippen LogP contribution in [0.15, 0.2) is 60.9 Å². The summed E-state index contributed by atoms with van der Waals surface area (Å²) in [6.45, 7) is 1.98. The summed E-state index contributed by atoms with van der Waals surface area (Å²) in [5.74, 6) is 1.63. The fourth-order valence-electron chi connectivity index (χ4n) is 5.92. The Bertz CT molecular complexity index is 1430. The van der Waals surface area contributed by atoms with Crippen LogP contribution in [0.2, 0.25) is 0 Å². The van der Waals surface area contributed by atoms with Gasteiger partial charge in [0.15, 0.2) is 0 Å². The van der Waals surface area contributed by atoms with Crippen LogP contribution in [0.25, 0.3) is 33.6 Å². The molecule has 2 N–H and O–H groups in total. The Morgan fingerprint density at radius 1 is 0.614 bits per heavy atom. The number of amides is 2. The number of aromatic amines is 2. The lowest BCUT2D eigenvalue weighted by Gasteiger charge is -2.28. The van der Waals surface area contributed by atoms with Crippen molar-refractivity contribution in [2.75, 3.05) is 26.2 Å². The molecule has 0 atom stereocenters. The molecular weight excluding hydrogens is 562 g/mol. The van der Waals surface area contributed by atoms with Crippen molar-refractivity contribution < 1.29 is 18.4 Å². The second-order valence-electron chi connectivity index (χ2n) is 11.8. The first-order valence-corrected chi connectivity index (χ1v) is 15.5. The molecular formula is C34H38F2N6O2. The summed E-state index contributed by atoms with van der Waals surface area (Å²) < 4.78 is 26.7. The Balaban J connectivity index is 1.00. The third-order valence-corrected chi connectivity index (χ3v) is 8.69. The average molecular weight is 601 g/mol. The summed E-state index contributed by atoms with van der Waals surface area (Å²) in [4.78, 5) is 44.0. The molecule has 2 aromatic carbocycles. The maximum Gasteiger partial charge on any atom is 0.223 e. The summed E-state index contributed by atoms with van der Waals surface area (Å²) in [7, 11) is 0. The molecule has 0 bridgehead atoms. The molecule has 44 heavy (non-hydrogen) atoms. The normalized spacial score (nSPS) is 16.4. The number of likely N-dealkylation sites (tertiary alicyclic amines) is 2. The number of nitrogens with one attached hydrogen (secondary N) is 2. The lowest BCUT2D eigenvalue weighted by molar-refractivity contribution is -0.133. The number of hydrogen-bond donors (Lipinski definition) is 2. The Morgan fingerprint density at radius 2 is 0.955 bits per heavy atom. The average Bonchev–Trinajstić information content (AvgIpc) is 3.74. The molecule has 230 valence electrons. The molecule has 6 rings (SSSR count). The maximum atomic E-state index is 13.4. The zero-order chi connectivity index (χ0) is 30.5. The smallest absolute Gasteiger partial charge is 0.223 e. The molecule has 8 nitrogen and oxygen atoms in total. The van der Waals surface area contributed by atoms with Crippen LogP contribution in [-0.4, -0.2) is 80.1 Å². The van der Waals surface area contributed by atoms with E-state index in [1.54, 1.807) is 22.2 Å². The van der Waals surface area contributed by atoms with Crippen LogP contribution in [0.3, 0.4) is 0 Å². The van der Waals surface area contributed by atoms with E-state index in [1.165, 1.54) is 0 Å². The van der Waals surface area contributed by atoms with E-state index >= 15 is 0 Å². The number of piperidine rings is 2. The zero-order valence-electron chi connectivity index (χ0n) is 24.8. The standard InChI is InChI=1S/C34H38F2N6O2/c35-27-13-17-41(18-14-27)33(43)11-9-31-37-21-29(39-31)25-5-1-23(2-6-25)24-3-7-26(8-4-24)30-22-38-32(40-30)10-12-34(44)42-19-15-28(36)16-20-42/h1-8,21-22,27-28H,9-20H2,(H,37,39)(H,38,40). The number of imidazole rings is 2. The maximum absolute atomic E-state index is 13.4. The van der Waals surface area contributed by atoms with Gasteiger partial charge in [0.25, 0.3) is 0 Å². The molecule has 2 fully saturated rings. The molecule has 2 saturated heterocycles. The van der Waals surface area contributed by atoms with Gasteiger partial charge in [-0.3, -0.25) is 9.59 Å². The Morgan fingerprint density at radius 3 is 1.32 bits per heavy atom. The second-order valence-corrected chi connectivity index (χ2v) is 11.8. The van der Waals surface area contributed by atoms with Gasteiger partial charge in [0.1, 0.15) is 24.0 Å². The fourth-order valence-corrected chi connectivity index (χ4v) is 5.92. The molecule has 0 saturated carbocycles. The number of halogens is 2. The molecule has 2 aliphatic heterocycles. The first-order valence-electron chi connectivity index (χ1n) is 15.5. The van der Waals surface area contributed by atoms with E-state index in [-0.39, 0.29) is 11.8 Å². The number of rotatable bonds is 9. The van der Waals surface area contributed by atoms with Gasteiger partial charge >= 0.3 is 0 Å². The SMILES string of the molecule is O=C(CCc1ncc(-c2ccc(-c3ccc(-c4cnc(CCC(=O)N5CCC(F)CC5)[nH]4)cc3)cc2)[nH]1)N1CCC(F)CC1. The molecule has 2 aliphatic rings. The van der Waals surface area contributed by atoms with Crippen molar-refractivity contribution in [3.05, 3.63) is 72.6 Å². The van der Waals surface area contributed by atoms with Gasteiger partial charge in [-0.25, -0.2) is 18.7 Å². The van der Waals surface area contributed by atoms with Gasteiger partial charge < -0.3 is 19.8 Å². The number of carbonyl (C=O) groups excluding carboxylic acids is 2. The highest BCUT2D eigenvalue weighted by Crippen LogP contribution is 2.27. The van der Waals surface area contributed by atoms with Crippen molar-refractivity contribution >= 4 is 11.8 Å². The van der Waals surface area contributed by atoms with Gasteiger partial charge in [-0.05, 0) is 47.9 Å². The lowest BCUT2D eigenvalue weighted by Crippen LogP contribution is -2.39. The van der Waals surface area contributed by atoms with Gasteiger partial charge in [0.05, 0.1) is 23.8 Å². The largest absolute Gasteiger partial charge is 0.342 e. The minimum Gasteiger partial charge on any atom is -0.342 e. The zero-order valence-corrected chi connectivity index (χ0v) is 24.8. The Labute approximate surface area is 255 Å². The van der Waals surface area contributed by atoms with E-state index in [0.29, 0.717) is 77.5 Å². The third kappa shape index (κ3) is 7.23. The molecule has 0 aliphatic carbocycles. The number of carbonyl (C=O) groups is 2. The van der Waals surface area contributed by atoms with Crippen LogP contribution in [-0.2, 0) is 22.4 Å². The quantitative estimate of drug-likeness (QED) is 0.249. The van der Waals surface area contributed by atoms with E-state index in [9.17, 15) is 18.4 Å². The Hall–Kier alpha value is -4.34. The Kier molecular flexibility index (Phi) is 9.14. The summed E-state index contributed by atoms with van der Waals surface area (Å²) in [6.07, 6.45) is 5.49. The van der Waals surface area contributed by atoms with Crippen LogP contribution < -0.4 is 0 Å². The van der Waals surface area contributed by atoms with Gasteiger partial charge in [-0.15, -0.1) is 0 Å². The summed E-state index contributed by atoms with van der Waals surface area (Å²) in [6, 6.07) is 16.5. The van der Waals surface area contributed by atoms with Crippen molar-refractivity contribution in [2.45, 2.75) is 63.7 Å². The molecule has 4 heterocycles. The summed E-state index contributed by atoms with van der Waals surface area (Å²) >= 11 is 0. The number of nitrogens with zero attached hydrogens (tertiary/aromatic N) is 4. The summed E-state index contributed by atoms with van der Waals surface area (Å²) in [5, 5.41) is 0. The van der Waals surface area contributed by atoms with Gasteiger partial charge in [-0.1, -0.05) is 48.5 Å². The summed E-state index contributed by atoms with van der Waals surface area (Å²) in [5.41, 5.74) is 5.99. The monoisotopic (exact) mass is 600 g/mol. The molecule has 10 heteroatoms. The van der Waals surface area contributed by atoms with Crippen molar-refractivity contribution in [1.82, 2.24) is 29.7 Å². The number of alkyl halides is 2. The van der Waals surface area contributed by atoms with Crippen LogP contribution >= 0.6 is 0 Å². The minimum atomic E-state index is -0.789. The molecule has 4 aromatic rings. The van der Waals surface area contributed by atoms with Crippen molar-refractivity contribution in [3.8, 4) is 33.6 Å². The predicted molar refractivity (Wildman–Crippen MR) is 165 cm³/mol. The highest BCUT2D eigenvalue weighted by atomic mass is 19.1. The number of aromatic nitrogens is 4. The van der Waals surface area contributed by atoms with Crippen LogP contribution in [0.1, 0.15) is 50.2 Å². The van der Waals surface area contributed by atoms with Crippen molar-refractivity contribution in [3.63, 3.8) is 0 Å². The molecule has 2 aromatic heterocycles. The number of hydrogen-bond acceptors (Lipinski definition) is 4. The number of H-pyrrole nitrogens is 2. The third-order valence-electron chi connectivity index (χ3n) is 8.69.